The van der Waals surface area contributed by atoms with Crippen molar-refractivity contribution in [3.8, 4) is 0 Å². The fraction of sp³-hybridized carbons (Fsp3) is 0.909. The Morgan fingerprint density at radius 2 is 1.63 bits per heavy atom. The molecule has 0 aromatic heterocycles. The maximum atomic E-state index is 12.8. The highest BCUT2D eigenvalue weighted by Gasteiger charge is 2.32. The lowest BCUT2D eigenvalue weighted by molar-refractivity contribution is -0.128. The molecule has 8 heteroatoms. The molecule has 3 rings (SSSR count). The van der Waals surface area contributed by atoms with Gasteiger partial charge in [0.15, 0.2) is 0 Å². The fourth-order valence-electron chi connectivity index (χ4n) is 5.23. The molecule has 3 unspecified atom stereocenters. The average molecular weight is 423 g/mol. The van der Waals surface area contributed by atoms with Crippen LogP contribution in [-0.4, -0.2) is 49.4 Å². The van der Waals surface area contributed by atoms with E-state index in [1.165, 1.54) is 19.3 Å². The molecule has 2 amide bonds. The Hall–Kier alpha value is -1.22. The normalized spacial score (nSPS) is 33.1. The first-order valence-corrected chi connectivity index (χ1v) is 12.1. The van der Waals surface area contributed by atoms with Crippen LogP contribution in [0.15, 0.2) is 0 Å². The summed E-state index contributed by atoms with van der Waals surface area (Å²) >= 11 is 0. The predicted molar refractivity (Wildman–Crippen MR) is 119 cm³/mol. The quantitative estimate of drug-likeness (QED) is 0.330. The summed E-state index contributed by atoms with van der Waals surface area (Å²) in [7, 11) is 0. The summed E-state index contributed by atoms with van der Waals surface area (Å²) in [6.45, 7) is 3.66. The van der Waals surface area contributed by atoms with E-state index in [1.807, 2.05) is 0 Å². The zero-order valence-electron chi connectivity index (χ0n) is 18.6. The number of carbonyl (C=O) groups is 2. The molecule has 1 heterocycles. The van der Waals surface area contributed by atoms with E-state index in [0.29, 0.717) is 24.3 Å². The Balaban J connectivity index is 1.36. The van der Waals surface area contributed by atoms with Gasteiger partial charge in [0, 0.05) is 23.9 Å². The van der Waals surface area contributed by atoms with Crippen LogP contribution in [0.2, 0.25) is 0 Å². The molecule has 8 nitrogen and oxygen atoms in total. The van der Waals surface area contributed by atoms with E-state index in [0.717, 1.165) is 57.9 Å². The number of amides is 2. The van der Waals surface area contributed by atoms with Crippen molar-refractivity contribution >= 4 is 11.8 Å². The van der Waals surface area contributed by atoms with Gasteiger partial charge in [-0.1, -0.05) is 19.3 Å². The highest BCUT2D eigenvalue weighted by atomic mass is 16.2. The first-order chi connectivity index (χ1) is 14.5. The Labute approximate surface area is 181 Å². The van der Waals surface area contributed by atoms with Crippen molar-refractivity contribution in [2.75, 3.05) is 13.1 Å². The van der Waals surface area contributed by atoms with Crippen LogP contribution < -0.4 is 32.3 Å². The minimum Gasteiger partial charge on any atom is -0.335 e. The van der Waals surface area contributed by atoms with Crippen LogP contribution in [0.4, 0.5) is 4.79 Å². The Morgan fingerprint density at radius 1 is 0.933 bits per heavy atom. The number of hydrogen-bond acceptors (Lipinski definition) is 6. The molecule has 7 N–H and O–H groups in total. The molecule has 3 atom stereocenters. The molecular weight excluding hydrogens is 380 g/mol. The summed E-state index contributed by atoms with van der Waals surface area (Å²) in [5.74, 6) is 1.00. The van der Waals surface area contributed by atoms with Gasteiger partial charge in [0.2, 0.25) is 0 Å². The summed E-state index contributed by atoms with van der Waals surface area (Å²) in [5.41, 5.74) is 5.56. The third-order valence-electron chi connectivity index (χ3n) is 6.93. The van der Waals surface area contributed by atoms with E-state index in [4.69, 9.17) is 5.73 Å². The van der Waals surface area contributed by atoms with Crippen molar-refractivity contribution in [2.24, 2.45) is 17.6 Å². The van der Waals surface area contributed by atoms with Gasteiger partial charge in [0.25, 0.3) is 0 Å². The Morgan fingerprint density at radius 3 is 2.33 bits per heavy atom. The minimum atomic E-state index is -0.270. The average Bonchev–Trinajstić information content (AvgIpc) is 2.74. The van der Waals surface area contributed by atoms with Gasteiger partial charge in [-0.05, 0) is 71.4 Å². The number of carbonyl (C=O) groups excluding carboxylic acids is 2. The molecule has 2 saturated carbocycles. The van der Waals surface area contributed by atoms with Crippen LogP contribution in [0, 0.1) is 11.8 Å². The lowest BCUT2D eigenvalue weighted by atomic mass is 9.75. The smallest absolute Gasteiger partial charge is 0.317 e. The zero-order chi connectivity index (χ0) is 21.3. The molecule has 0 bridgehead atoms. The number of nitrogens with one attached hydrogen (secondary N) is 5. The number of urea groups is 1. The molecule has 3 aliphatic rings. The third-order valence-corrected chi connectivity index (χ3v) is 6.93. The topological polar surface area (TPSA) is 120 Å². The minimum absolute atomic E-state index is 0.152. The second-order valence-corrected chi connectivity index (χ2v) is 9.46. The van der Waals surface area contributed by atoms with Crippen LogP contribution >= 0.6 is 0 Å². The molecule has 0 aromatic carbocycles. The Bertz CT molecular complexity index is 546. The van der Waals surface area contributed by atoms with Crippen molar-refractivity contribution in [3.05, 3.63) is 0 Å². The van der Waals surface area contributed by atoms with Gasteiger partial charge in [-0.25, -0.2) is 4.79 Å². The summed E-state index contributed by atoms with van der Waals surface area (Å²) in [6, 6.07) is 0.296. The lowest BCUT2D eigenvalue weighted by Gasteiger charge is -2.37. The maximum absolute atomic E-state index is 12.8. The fourth-order valence-corrected chi connectivity index (χ4v) is 5.23. The number of hydrogen-bond donors (Lipinski definition) is 6. The zero-order valence-corrected chi connectivity index (χ0v) is 18.6. The number of rotatable bonds is 8. The molecule has 0 radical (unpaired) electrons. The second-order valence-electron chi connectivity index (χ2n) is 9.46. The van der Waals surface area contributed by atoms with E-state index >= 15 is 0 Å². The number of Topliss-reactive ketones (excluding diaryl/α,β-unsaturated/α-hetero) is 1. The lowest BCUT2D eigenvalue weighted by Crippen LogP contribution is -2.68. The van der Waals surface area contributed by atoms with Crippen molar-refractivity contribution in [3.63, 3.8) is 0 Å². The summed E-state index contributed by atoms with van der Waals surface area (Å²) in [6.07, 6.45) is 11.2. The largest absolute Gasteiger partial charge is 0.335 e. The van der Waals surface area contributed by atoms with Crippen LogP contribution in [0.5, 0.6) is 0 Å². The van der Waals surface area contributed by atoms with Gasteiger partial charge in [-0.3, -0.25) is 15.4 Å². The first-order valence-electron chi connectivity index (χ1n) is 12.1. The standard InChI is InChI=1S/C22H42N6O2/c1-15-14-19(24-13-5-12-23)27-21(25-15)28-22(30)26-18-10-8-17(9-11-18)20(29)16-6-3-2-4-7-16/h15-19,21,24-25,27H,2-14,23H2,1H3,(H2,26,28,30). The summed E-state index contributed by atoms with van der Waals surface area (Å²) in [5, 5.41) is 16.3. The molecule has 30 heavy (non-hydrogen) atoms. The molecule has 1 aliphatic heterocycles. The molecule has 0 aromatic rings. The van der Waals surface area contributed by atoms with E-state index in [1.54, 1.807) is 0 Å². The van der Waals surface area contributed by atoms with Crippen molar-refractivity contribution in [1.82, 2.24) is 26.6 Å². The van der Waals surface area contributed by atoms with Gasteiger partial charge in [-0.2, -0.15) is 0 Å². The van der Waals surface area contributed by atoms with Crippen LogP contribution in [0.3, 0.4) is 0 Å². The predicted octanol–water partition coefficient (Wildman–Crippen LogP) is 1.51. The van der Waals surface area contributed by atoms with Gasteiger partial charge in [0.1, 0.15) is 12.1 Å². The molecular formula is C22H42N6O2. The number of nitrogens with two attached hydrogens (primary N) is 1. The van der Waals surface area contributed by atoms with Crippen molar-refractivity contribution < 1.29 is 9.59 Å². The number of ketones is 1. The van der Waals surface area contributed by atoms with Crippen LogP contribution in [-0.2, 0) is 4.79 Å². The van der Waals surface area contributed by atoms with E-state index in [2.05, 4.69) is 33.5 Å². The first kappa shape index (κ1) is 23.4. The highest BCUT2D eigenvalue weighted by molar-refractivity contribution is 5.83. The molecule has 0 spiro atoms. The van der Waals surface area contributed by atoms with E-state index < -0.39 is 0 Å². The van der Waals surface area contributed by atoms with Crippen molar-refractivity contribution in [1.29, 1.82) is 0 Å². The monoisotopic (exact) mass is 422 g/mol. The third kappa shape index (κ3) is 7.18. The summed E-state index contributed by atoms with van der Waals surface area (Å²) < 4.78 is 0. The van der Waals surface area contributed by atoms with E-state index in [9.17, 15) is 9.59 Å². The molecule has 172 valence electrons. The van der Waals surface area contributed by atoms with E-state index in [-0.39, 0.29) is 30.4 Å². The molecule has 2 aliphatic carbocycles. The van der Waals surface area contributed by atoms with Crippen LogP contribution in [0.1, 0.15) is 77.6 Å². The summed E-state index contributed by atoms with van der Waals surface area (Å²) in [4.78, 5) is 25.3. The highest BCUT2D eigenvalue weighted by Crippen LogP contribution is 2.32. The Kier molecular flexibility index (Phi) is 9.36. The van der Waals surface area contributed by atoms with Gasteiger partial charge >= 0.3 is 6.03 Å². The maximum Gasteiger partial charge on any atom is 0.317 e. The molecule has 3 fully saturated rings. The van der Waals surface area contributed by atoms with Gasteiger partial charge in [0.05, 0.1) is 6.17 Å². The SMILES string of the molecule is CC1CC(NCCCN)NC(NC(=O)NC2CCC(C(=O)C3CCCCC3)CC2)N1. The van der Waals surface area contributed by atoms with Gasteiger partial charge in [-0.15, -0.1) is 0 Å². The van der Waals surface area contributed by atoms with Crippen molar-refractivity contribution in [2.45, 2.75) is 102 Å². The second kappa shape index (κ2) is 12.0. The van der Waals surface area contributed by atoms with Crippen LogP contribution in [0.25, 0.3) is 0 Å². The van der Waals surface area contributed by atoms with Gasteiger partial charge < -0.3 is 21.7 Å². The molecule has 1 saturated heterocycles.